The van der Waals surface area contributed by atoms with E-state index in [9.17, 15) is 0 Å². The number of likely N-dealkylation sites (N-methyl/N-ethyl adjacent to an activating group) is 2. The number of likely N-dealkylation sites (tertiary alicyclic amines) is 1. The van der Waals surface area contributed by atoms with E-state index in [4.69, 9.17) is 0 Å². The van der Waals surface area contributed by atoms with Gasteiger partial charge in [-0.25, -0.2) is 0 Å². The molecular formula is C13H27N3. The molecule has 3 heteroatoms. The summed E-state index contributed by atoms with van der Waals surface area (Å²) in [4.78, 5) is 5.13. The lowest BCUT2D eigenvalue weighted by molar-refractivity contribution is 0.0959. The maximum atomic E-state index is 3.57. The Morgan fingerprint density at radius 2 is 1.94 bits per heavy atom. The van der Waals surface area contributed by atoms with Gasteiger partial charge < -0.3 is 10.2 Å². The average molecular weight is 225 g/mol. The number of piperidine rings is 1. The zero-order chi connectivity index (χ0) is 11.4. The van der Waals surface area contributed by atoms with Crippen LogP contribution in [0, 0.1) is 0 Å². The van der Waals surface area contributed by atoms with Gasteiger partial charge in [-0.3, -0.25) is 4.90 Å². The Hall–Kier alpha value is -0.120. The van der Waals surface area contributed by atoms with Crippen molar-refractivity contribution in [3.8, 4) is 0 Å². The molecule has 0 aliphatic carbocycles. The molecule has 2 unspecified atom stereocenters. The molecule has 0 radical (unpaired) electrons. The van der Waals surface area contributed by atoms with E-state index in [2.05, 4.69) is 29.2 Å². The highest BCUT2D eigenvalue weighted by molar-refractivity contribution is 4.84. The number of nitrogens with one attached hydrogen (secondary N) is 1. The van der Waals surface area contributed by atoms with Gasteiger partial charge in [-0.2, -0.15) is 0 Å². The van der Waals surface area contributed by atoms with Crippen LogP contribution in [0.15, 0.2) is 0 Å². The molecule has 2 aliphatic rings. The van der Waals surface area contributed by atoms with Gasteiger partial charge in [0.15, 0.2) is 0 Å². The molecule has 94 valence electrons. The fourth-order valence-corrected chi connectivity index (χ4v) is 3.12. The van der Waals surface area contributed by atoms with Crippen LogP contribution in [0.5, 0.6) is 0 Å². The van der Waals surface area contributed by atoms with Crippen LogP contribution in [0.3, 0.4) is 0 Å². The Labute approximate surface area is 100 Å². The first-order valence-electron chi connectivity index (χ1n) is 6.88. The minimum Gasteiger partial charge on any atom is -0.315 e. The van der Waals surface area contributed by atoms with Gasteiger partial charge >= 0.3 is 0 Å². The molecule has 0 bridgehead atoms. The standard InChI is InChI=1S/C13H27N3/c1-15-9-5-7-13(11-15)16(2)12-6-3-4-8-14-10-12/h12-14H,3-11H2,1-2H3. The molecule has 0 spiro atoms. The first-order valence-corrected chi connectivity index (χ1v) is 6.88. The molecule has 0 aromatic carbocycles. The highest BCUT2D eigenvalue weighted by Crippen LogP contribution is 2.18. The summed E-state index contributed by atoms with van der Waals surface area (Å²) in [5.74, 6) is 0. The minimum atomic E-state index is 0.763. The van der Waals surface area contributed by atoms with Crippen molar-refractivity contribution in [2.75, 3.05) is 40.3 Å². The van der Waals surface area contributed by atoms with E-state index in [0.717, 1.165) is 12.1 Å². The van der Waals surface area contributed by atoms with Crippen LogP contribution >= 0.6 is 0 Å². The Balaban J connectivity index is 1.86. The summed E-state index contributed by atoms with van der Waals surface area (Å²) >= 11 is 0. The molecule has 1 N–H and O–H groups in total. The second-order valence-electron chi connectivity index (χ2n) is 5.58. The van der Waals surface area contributed by atoms with E-state index in [-0.39, 0.29) is 0 Å². The third-order valence-electron chi connectivity index (χ3n) is 4.27. The van der Waals surface area contributed by atoms with Crippen molar-refractivity contribution in [3.63, 3.8) is 0 Å². The van der Waals surface area contributed by atoms with Gasteiger partial charge in [-0.05, 0) is 52.9 Å². The highest BCUT2D eigenvalue weighted by Gasteiger charge is 2.26. The van der Waals surface area contributed by atoms with Crippen LogP contribution in [-0.4, -0.2) is 62.2 Å². The lowest BCUT2D eigenvalue weighted by Crippen LogP contribution is -2.51. The van der Waals surface area contributed by atoms with Crippen molar-refractivity contribution >= 4 is 0 Å². The Morgan fingerprint density at radius 1 is 1.12 bits per heavy atom. The molecule has 2 rings (SSSR count). The van der Waals surface area contributed by atoms with Gasteiger partial charge in [0.25, 0.3) is 0 Å². The average Bonchev–Trinajstić information content (AvgIpc) is 2.56. The van der Waals surface area contributed by atoms with Crippen LogP contribution in [0.2, 0.25) is 0 Å². The number of hydrogen-bond donors (Lipinski definition) is 1. The summed E-state index contributed by atoms with van der Waals surface area (Å²) in [5, 5.41) is 3.57. The van der Waals surface area contributed by atoms with E-state index < -0.39 is 0 Å². The van der Waals surface area contributed by atoms with E-state index >= 15 is 0 Å². The van der Waals surface area contributed by atoms with Gasteiger partial charge in [0, 0.05) is 25.2 Å². The molecule has 2 heterocycles. The van der Waals surface area contributed by atoms with Crippen LogP contribution in [0.1, 0.15) is 32.1 Å². The molecule has 2 saturated heterocycles. The molecule has 3 nitrogen and oxygen atoms in total. The van der Waals surface area contributed by atoms with E-state index in [1.165, 1.54) is 58.3 Å². The smallest absolute Gasteiger partial charge is 0.0223 e. The zero-order valence-electron chi connectivity index (χ0n) is 10.9. The number of nitrogens with zero attached hydrogens (tertiary/aromatic N) is 2. The molecule has 0 amide bonds. The van der Waals surface area contributed by atoms with Gasteiger partial charge in [-0.1, -0.05) is 6.42 Å². The van der Waals surface area contributed by atoms with Crippen molar-refractivity contribution < 1.29 is 0 Å². The zero-order valence-corrected chi connectivity index (χ0v) is 10.9. The first kappa shape index (κ1) is 12.3. The third kappa shape index (κ3) is 3.19. The fraction of sp³-hybridized carbons (Fsp3) is 1.00. The van der Waals surface area contributed by atoms with Gasteiger partial charge in [-0.15, -0.1) is 0 Å². The Bertz CT molecular complexity index is 197. The summed E-state index contributed by atoms with van der Waals surface area (Å²) in [6.45, 7) is 4.95. The number of hydrogen-bond acceptors (Lipinski definition) is 3. The largest absolute Gasteiger partial charge is 0.315 e. The topological polar surface area (TPSA) is 18.5 Å². The maximum absolute atomic E-state index is 3.57. The highest BCUT2D eigenvalue weighted by atomic mass is 15.2. The molecule has 16 heavy (non-hydrogen) atoms. The van der Waals surface area contributed by atoms with E-state index in [1.807, 2.05) is 0 Å². The van der Waals surface area contributed by atoms with Crippen LogP contribution < -0.4 is 5.32 Å². The molecule has 0 saturated carbocycles. The van der Waals surface area contributed by atoms with Crippen LogP contribution in [0.25, 0.3) is 0 Å². The van der Waals surface area contributed by atoms with Gasteiger partial charge in [0.1, 0.15) is 0 Å². The fourth-order valence-electron chi connectivity index (χ4n) is 3.12. The molecule has 2 aliphatic heterocycles. The normalized spacial score (nSPS) is 33.9. The van der Waals surface area contributed by atoms with Crippen LogP contribution in [-0.2, 0) is 0 Å². The Kier molecular flexibility index (Phi) is 4.62. The molecule has 0 aromatic rings. The quantitative estimate of drug-likeness (QED) is 0.761. The molecular weight excluding hydrogens is 198 g/mol. The van der Waals surface area contributed by atoms with E-state index in [1.54, 1.807) is 0 Å². The monoisotopic (exact) mass is 225 g/mol. The van der Waals surface area contributed by atoms with Crippen LogP contribution in [0.4, 0.5) is 0 Å². The summed E-state index contributed by atoms with van der Waals surface area (Å²) < 4.78 is 0. The molecule has 2 fully saturated rings. The van der Waals surface area contributed by atoms with Gasteiger partial charge in [0.05, 0.1) is 0 Å². The number of rotatable bonds is 2. The predicted molar refractivity (Wildman–Crippen MR) is 68.8 cm³/mol. The maximum Gasteiger partial charge on any atom is 0.0223 e. The second kappa shape index (κ2) is 5.99. The lowest BCUT2D eigenvalue weighted by atomic mass is 10.0. The third-order valence-corrected chi connectivity index (χ3v) is 4.27. The van der Waals surface area contributed by atoms with Gasteiger partial charge in [0.2, 0.25) is 0 Å². The van der Waals surface area contributed by atoms with Crippen molar-refractivity contribution in [1.29, 1.82) is 0 Å². The second-order valence-corrected chi connectivity index (χ2v) is 5.58. The van der Waals surface area contributed by atoms with Crippen molar-refractivity contribution in [2.24, 2.45) is 0 Å². The minimum absolute atomic E-state index is 0.763. The van der Waals surface area contributed by atoms with Crippen molar-refractivity contribution in [3.05, 3.63) is 0 Å². The summed E-state index contributed by atoms with van der Waals surface area (Å²) in [7, 11) is 4.59. The van der Waals surface area contributed by atoms with Crippen molar-refractivity contribution in [1.82, 2.24) is 15.1 Å². The Morgan fingerprint density at radius 3 is 2.75 bits per heavy atom. The van der Waals surface area contributed by atoms with E-state index in [0.29, 0.717) is 0 Å². The molecule has 2 atom stereocenters. The summed E-state index contributed by atoms with van der Waals surface area (Å²) in [6, 6.07) is 1.54. The molecule has 0 aromatic heterocycles. The summed E-state index contributed by atoms with van der Waals surface area (Å²) in [5.41, 5.74) is 0. The first-order chi connectivity index (χ1) is 7.77. The lowest BCUT2D eigenvalue weighted by Gasteiger charge is -2.39. The van der Waals surface area contributed by atoms with Crippen molar-refractivity contribution in [2.45, 2.75) is 44.2 Å². The predicted octanol–water partition coefficient (Wildman–Crippen LogP) is 1.15. The summed E-state index contributed by atoms with van der Waals surface area (Å²) in [6.07, 6.45) is 6.88. The SMILES string of the molecule is CN1CCCC(N(C)C2CCCCNC2)C1.